The topological polar surface area (TPSA) is 358 Å². The van der Waals surface area contributed by atoms with Gasteiger partial charge >= 0.3 is 0 Å². The van der Waals surface area contributed by atoms with Crippen molar-refractivity contribution in [1.29, 1.82) is 0 Å². The number of hydrogen-bond acceptors (Lipinski definition) is 18. The van der Waals surface area contributed by atoms with Crippen LogP contribution in [0.1, 0.15) is 124 Å². The van der Waals surface area contributed by atoms with Crippen LogP contribution in [0.3, 0.4) is 0 Å². The molecule has 0 aliphatic carbocycles. The lowest BCUT2D eigenvalue weighted by atomic mass is 9.68. The van der Waals surface area contributed by atoms with Gasteiger partial charge in [-0.1, -0.05) is 68.4 Å². The molecule has 19 nitrogen and oxygen atoms in total. The van der Waals surface area contributed by atoms with Gasteiger partial charge in [-0.25, -0.2) is 8.42 Å². The minimum Gasteiger partial charge on any atom is -0.744 e. The largest absolute Gasteiger partial charge is 0.744 e. The van der Waals surface area contributed by atoms with E-state index in [-0.39, 0.29) is 56.4 Å². The number of carbonyl (C=O) groups excluding carboxylic acids is 3. The van der Waals surface area contributed by atoms with Gasteiger partial charge in [0.15, 0.2) is 12.1 Å². The molecule has 20 heteroatoms. The van der Waals surface area contributed by atoms with E-state index in [9.17, 15) is 78.4 Å². The number of nitrogens with zero attached hydrogens (tertiary/aromatic N) is 1. The number of ether oxygens (including phenoxy) is 1. The monoisotopic (exact) mass is 1090 g/mol. The van der Waals surface area contributed by atoms with Crippen molar-refractivity contribution in [1.82, 2.24) is 0 Å². The Balaban J connectivity index is 0.000000269. The fraction of sp³-hybridized carbons (Fsp3) is 0.224. The predicted octanol–water partition coefficient (Wildman–Crippen LogP) is 5.44. The number of ketones is 1. The van der Waals surface area contributed by atoms with E-state index in [1.165, 1.54) is 18.2 Å². The molecule has 12 N–H and O–H groups in total. The van der Waals surface area contributed by atoms with Crippen molar-refractivity contribution in [3.63, 3.8) is 0 Å². The smallest absolute Gasteiger partial charge is 0.196 e. The van der Waals surface area contributed by atoms with Crippen LogP contribution in [0.15, 0.2) is 125 Å². The molecule has 7 aromatic carbocycles. The molecule has 0 fully saturated rings. The summed E-state index contributed by atoms with van der Waals surface area (Å²) < 4.78 is 38.4. The van der Waals surface area contributed by atoms with Gasteiger partial charge in [-0.3, -0.25) is 14.4 Å². The highest BCUT2D eigenvalue weighted by atomic mass is 32.2. The van der Waals surface area contributed by atoms with Crippen LogP contribution < -0.4 is 10.3 Å². The molecule has 0 heterocycles. The van der Waals surface area contributed by atoms with Crippen LogP contribution >= 0.6 is 0 Å². The lowest BCUT2D eigenvalue weighted by molar-refractivity contribution is -0.210. The number of aromatic hydroxyl groups is 4. The molecule has 0 aliphatic rings. The molecule has 7 rings (SSSR count). The van der Waals surface area contributed by atoms with E-state index in [1.54, 1.807) is 67.6 Å². The zero-order chi connectivity index (χ0) is 57.9. The maximum Gasteiger partial charge on any atom is 0.196 e. The molecular formula is C58H60N2O17S. The second-order valence-electron chi connectivity index (χ2n) is 18.5. The van der Waals surface area contributed by atoms with E-state index in [2.05, 4.69) is 5.11 Å². The summed E-state index contributed by atoms with van der Waals surface area (Å²) in [5.41, 5.74) is 10.5. The normalized spacial score (nSPS) is 11.4. The Morgan fingerprint density at radius 1 is 0.603 bits per heavy atom. The Kier molecular flexibility index (Phi) is 20.1. The Bertz CT molecular complexity index is 3320. The van der Waals surface area contributed by atoms with Crippen molar-refractivity contribution >= 4 is 34.2 Å². The third-order valence-corrected chi connectivity index (χ3v) is 14.3. The average Bonchev–Trinajstić information content (AvgIpc) is 3.47. The zero-order valence-corrected chi connectivity index (χ0v) is 43.9. The Morgan fingerprint density at radius 2 is 1.03 bits per heavy atom. The summed E-state index contributed by atoms with van der Waals surface area (Å²) >= 11 is 0. The zero-order valence-electron chi connectivity index (χ0n) is 43.1. The van der Waals surface area contributed by atoms with Gasteiger partial charge in [0.05, 0.1) is 57.2 Å². The minimum atomic E-state index is -4.84. The van der Waals surface area contributed by atoms with E-state index in [0.29, 0.717) is 57.2 Å². The summed E-state index contributed by atoms with van der Waals surface area (Å²) in [5.74, 6) is -1.94. The van der Waals surface area contributed by atoms with Gasteiger partial charge in [0.1, 0.15) is 50.8 Å². The molecule has 410 valence electrons. The van der Waals surface area contributed by atoms with E-state index in [4.69, 9.17) is 10.3 Å². The van der Waals surface area contributed by atoms with Crippen molar-refractivity contribution in [3.05, 3.63) is 204 Å². The number of aryl methyl sites for hydroxylation is 1. The number of phenols is 4. The quantitative estimate of drug-likeness (QED) is 0.0168. The third kappa shape index (κ3) is 12.8. The molecule has 0 aliphatic heterocycles. The van der Waals surface area contributed by atoms with Crippen molar-refractivity contribution in [2.24, 2.45) is 5.11 Å². The van der Waals surface area contributed by atoms with Crippen LogP contribution in [-0.2, 0) is 60.6 Å². The first-order chi connectivity index (χ1) is 37.0. The van der Waals surface area contributed by atoms with Crippen molar-refractivity contribution in [3.8, 4) is 28.7 Å². The number of rotatable bonds is 18. The van der Waals surface area contributed by atoms with Gasteiger partial charge in [-0.15, -0.1) is 0 Å². The predicted molar refractivity (Wildman–Crippen MR) is 282 cm³/mol. The number of phenolic OH excluding ortho intramolecular Hbond substituents is 1. The molecule has 0 aromatic heterocycles. The number of methoxy groups -OCH3 is 1. The van der Waals surface area contributed by atoms with Gasteiger partial charge in [-0.2, -0.15) is 5.53 Å². The number of nitrogens with two attached hydrogens (primary N) is 1. The van der Waals surface area contributed by atoms with Crippen molar-refractivity contribution in [2.75, 3.05) is 7.11 Å². The first-order valence-corrected chi connectivity index (χ1v) is 25.1. The first-order valence-electron chi connectivity index (χ1n) is 23.7. The van der Waals surface area contributed by atoms with E-state index in [1.807, 2.05) is 45.0 Å². The van der Waals surface area contributed by atoms with Crippen LogP contribution in [0, 0.1) is 6.92 Å². The summed E-state index contributed by atoms with van der Waals surface area (Å²) in [5, 5.41) is 104. The number of benzene rings is 7. The van der Waals surface area contributed by atoms with Crippen LogP contribution in [0.25, 0.3) is 0 Å². The lowest BCUT2D eigenvalue weighted by Crippen LogP contribution is -2.27. The van der Waals surface area contributed by atoms with E-state index < -0.39 is 77.0 Å². The highest BCUT2D eigenvalue weighted by molar-refractivity contribution is 7.85. The molecule has 0 amide bonds. The van der Waals surface area contributed by atoms with Gasteiger partial charge in [0.25, 0.3) is 0 Å². The molecule has 0 atom stereocenters. The van der Waals surface area contributed by atoms with Gasteiger partial charge in [0, 0.05) is 67.0 Å². The van der Waals surface area contributed by atoms with Crippen LogP contribution in [0.2, 0.25) is 0 Å². The lowest BCUT2D eigenvalue weighted by Gasteiger charge is -2.35. The highest BCUT2D eigenvalue weighted by Crippen LogP contribution is 2.45. The molecule has 0 unspecified atom stereocenters. The van der Waals surface area contributed by atoms with Crippen molar-refractivity contribution in [2.45, 2.75) is 83.1 Å². The fourth-order valence-corrected chi connectivity index (χ4v) is 9.48. The Labute approximate surface area is 449 Å². The second-order valence-corrected chi connectivity index (χ2v) is 19.9. The van der Waals surface area contributed by atoms with Gasteiger partial charge < -0.3 is 60.4 Å². The number of aliphatic hydroxyl groups is 6. The summed E-state index contributed by atoms with van der Waals surface area (Å²) in [6, 6.07) is 30.5. The molecule has 7 aromatic rings. The molecule has 0 spiro atoms. The SMILES string of the molecule is CC(C)(c1ccc(C(C)(c2cc(CO)c(O)c(CO)c2)c2cc(CO)c(O)c(CO)c2)cc1)c1cc(CO)c(O)c(CO)c1.COc1cc(O)c(C(=O)c2ccccc2)cc1S(=O)(=O)[O-].Cc1cc(C=O)cc(C=O)c1N=[NH2+]. The second kappa shape index (κ2) is 25.8. The number of aldehydes is 2. The fourth-order valence-electron chi connectivity index (χ4n) is 8.83. The van der Waals surface area contributed by atoms with Crippen molar-refractivity contribution < 1.29 is 88.7 Å². The standard InChI is InChI=1S/C35H40O9.C14H12O6S.C9H8N2O2/c1-34(2,28-8-20(14-36)31(42)21(9-28)15-37)26-4-6-27(7-5-26)35(3,29-10-22(16-38)32(43)23(11-29)17-39)30-12-24(18-40)33(44)25(13-30)19-41;1-20-12-8-11(15)10(7-13(12)21(17,18)19)14(16)9-5-3-2-4-6-9;1-6-2-7(4-12)3-8(5-13)9(6)11-10/h4-13,36-44H,14-19H2,1-3H3;2-8,15H,1H3,(H,17,18,19);2-5,10H,1H3. The number of carbonyl (C=O) groups is 3. The maximum atomic E-state index is 12.2. The van der Waals surface area contributed by atoms with Crippen LogP contribution in [0.4, 0.5) is 5.69 Å². The average molecular weight is 1090 g/mol. The third-order valence-electron chi connectivity index (χ3n) is 13.5. The van der Waals surface area contributed by atoms with Gasteiger partial charge in [-0.05, 0) is 107 Å². The Morgan fingerprint density at radius 3 is 1.40 bits per heavy atom. The molecule has 0 radical (unpaired) electrons. The molecule has 0 saturated carbocycles. The summed E-state index contributed by atoms with van der Waals surface area (Å²) in [4.78, 5) is 32.6. The van der Waals surface area contributed by atoms with Crippen LogP contribution in [-0.4, -0.2) is 89.5 Å². The number of aliphatic hydroxyl groups excluding tert-OH is 6. The summed E-state index contributed by atoms with van der Waals surface area (Å²) in [6.45, 7) is 4.91. The summed E-state index contributed by atoms with van der Waals surface area (Å²) in [6.07, 6.45) is 1.31. The van der Waals surface area contributed by atoms with Gasteiger partial charge in [0.2, 0.25) is 0 Å². The Hall–Kier alpha value is -8.18. The molecule has 0 saturated heterocycles. The van der Waals surface area contributed by atoms with E-state index >= 15 is 0 Å². The molecule has 78 heavy (non-hydrogen) atoms. The number of hydrogen-bond donors (Lipinski definition) is 11. The maximum absolute atomic E-state index is 12.2. The first kappa shape index (κ1) is 60.7. The van der Waals surface area contributed by atoms with E-state index in [0.717, 1.165) is 35.9 Å². The van der Waals surface area contributed by atoms with Crippen LogP contribution in [0.5, 0.6) is 28.7 Å². The molecular weight excluding hydrogens is 1030 g/mol. The summed E-state index contributed by atoms with van der Waals surface area (Å²) in [7, 11) is -3.68. The minimum absolute atomic E-state index is 0.141. The highest BCUT2D eigenvalue weighted by Gasteiger charge is 2.35. The molecule has 0 bridgehead atoms.